The second kappa shape index (κ2) is 5.42. The van der Waals surface area contributed by atoms with Crippen molar-refractivity contribution in [2.75, 3.05) is 0 Å². The topological polar surface area (TPSA) is 83.8 Å². The molecule has 2 N–H and O–H groups in total. The molecule has 0 bridgehead atoms. The van der Waals surface area contributed by atoms with Crippen LogP contribution in [0.5, 0.6) is 0 Å². The SMILES string of the molecule is CC(NCc1ccn[nH]1)c1ccc([N+](=O)[O-])cc1. The van der Waals surface area contributed by atoms with E-state index in [4.69, 9.17) is 0 Å². The van der Waals surface area contributed by atoms with Crippen molar-refractivity contribution in [3.63, 3.8) is 0 Å². The van der Waals surface area contributed by atoms with Crippen molar-refractivity contribution in [3.05, 3.63) is 57.9 Å². The van der Waals surface area contributed by atoms with Gasteiger partial charge in [-0.2, -0.15) is 5.10 Å². The summed E-state index contributed by atoms with van der Waals surface area (Å²) in [5.41, 5.74) is 2.13. The predicted molar refractivity (Wildman–Crippen MR) is 66.9 cm³/mol. The first-order chi connectivity index (χ1) is 8.66. The van der Waals surface area contributed by atoms with Gasteiger partial charge in [0.15, 0.2) is 0 Å². The molecule has 2 rings (SSSR count). The third-order valence-electron chi connectivity index (χ3n) is 2.76. The molecule has 0 saturated heterocycles. The van der Waals surface area contributed by atoms with Crippen molar-refractivity contribution in [2.45, 2.75) is 19.5 Å². The molecule has 18 heavy (non-hydrogen) atoms. The summed E-state index contributed by atoms with van der Waals surface area (Å²) in [4.78, 5) is 10.1. The van der Waals surface area contributed by atoms with Gasteiger partial charge >= 0.3 is 0 Å². The number of aromatic nitrogens is 2. The van der Waals surface area contributed by atoms with Gasteiger partial charge in [-0.05, 0) is 18.6 Å². The summed E-state index contributed by atoms with van der Waals surface area (Å²) >= 11 is 0. The number of nitro groups is 1. The van der Waals surface area contributed by atoms with Crippen LogP contribution in [0.4, 0.5) is 5.69 Å². The minimum absolute atomic E-state index is 0.111. The second-order valence-corrected chi connectivity index (χ2v) is 4.03. The number of benzene rings is 1. The van der Waals surface area contributed by atoms with Gasteiger partial charge in [0.1, 0.15) is 0 Å². The molecular weight excluding hydrogens is 232 g/mol. The van der Waals surface area contributed by atoms with Crippen LogP contribution in [-0.4, -0.2) is 15.1 Å². The van der Waals surface area contributed by atoms with E-state index in [-0.39, 0.29) is 11.7 Å². The average molecular weight is 246 g/mol. The highest BCUT2D eigenvalue weighted by molar-refractivity contribution is 5.34. The maximum atomic E-state index is 10.5. The number of rotatable bonds is 5. The molecule has 0 spiro atoms. The van der Waals surface area contributed by atoms with Crippen LogP contribution in [0, 0.1) is 10.1 Å². The molecule has 1 aromatic heterocycles. The maximum Gasteiger partial charge on any atom is 0.269 e. The van der Waals surface area contributed by atoms with Gasteiger partial charge in [-0.15, -0.1) is 0 Å². The first-order valence-corrected chi connectivity index (χ1v) is 5.63. The Labute approximate surface area is 104 Å². The van der Waals surface area contributed by atoms with Crippen LogP contribution in [0.15, 0.2) is 36.5 Å². The number of nitrogens with one attached hydrogen (secondary N) is 2. The molecule has 1 heterocycles. The molecule has 0 amide bonds. The van der Waals surface area contributed by atoms with Crippen LogP contribution in [0.3, 0.4) is 0 Å². The summed E-state index contributed by atoms with van der Waals surface area (Å²) in [5.74, 6) is 0. The van der Waals surface area contributed by atoms with Crippen molar-refractivity contribution >= 4 is 5.69 Å². The van der Waals surface area contributed by atoms with Gasteiger partial charge in [0, 0.05) is 36.6 Å². The molecule has 0 saturated carbocycles. The first-order valence-electron chi connectivity index (χ1n) is 5.63. The molecule has 2 aromatic rings. The quantitative estimate of drug-likeness (QED) is 0.625. The van der Waals surface area contributed by atoms with Crippen molar-refractivity contribution in [2.24, 2.45) is 0 Å². The van der Waals surface area contributed by atoms with Gasteiger partial charge in [-0.3, -0.25) is 15.2 Å². The average Bonchev–Trinajstić information content (AvgIpc) is 2.89. The van der Waals surface area contributed by atoms with Crippen LogP contribution >= 0.6 is 0 Å². The van der Waals surface area contributed by atoms with E-state index in [0.29, 0.717) is 6.54 Å². The molecule has 0 aliphatic rings. The molecule has 94 valence electrons. The lowest BCUT2D eigenvalue weighted by molar-refractivity contribution is -0.384. The highest BCUT2D eigenvalue weighted by atomic mass is 16.6. The lowest BCUT2D eigenvalue weighted by Crippen LogP contribution is -2.18. The monoisotopic (exact) mass is 246 g/mol. The number of hydrogen-bond donors (Lipinski definition) is 2. The number of nitrogens with zero attached hydrogens (tertiary/aromatic N) is 2. The Bertz CT molecular complexity index is 507. The number of aromatic amines is 1. The van der Waals surface area contributed by atoms with Crippen molar-refractivity contribution in [1.82, 2.24) is 15.5 Å². The normalized spacial score (nSPS) is 12.3. The minimum atomic E-state index is -0.396. The molecule has 1 atom stereocenters. The summed E-state index contributed by atoms with van der Waals surface area (Å²) in [6.45, 7) is 2.69. The van der Waals surface area contributed by atoms with Crippen LogP contribution in [-0.2, 0) is 6.54 Å². The van der Waals surface area contributed by atoms with Crippen LogP contribution in [0.25, 0.3) is 0 Å². The molecule has 6 heteroatoms. The van der Waals surface area contributed by atoms with E-state index in [9.17, 15) is 10.1 Å². The lowest BCUT2D eigenvalue weighted by Gasteiger charge is -2.13. The summed E-state index contributed by atoms with van der Waals surface area (Å²) in [5, 5.41) is 20.6. The molecular formula is C12H14N4O2. The molecule has 0 radical (unpaired) electrons. The Morgan fingerprint density at radius 1 is 1.39 bits per heavy atom. The van der Waals surface area contributed by atoms with E-state index in [0.717, 1.165) is 11.3 Å². The van der Waals surface area contributed by atoms with Crippen LogP contribution in [0.1, 0.15) is 24.2 Å². The summed E-state index contributed by atoms with van der Waals surface area (Å²) < 4.78 is 0. The van der Waals surface area contributed by atoms with Crippen LogP contribution < -0.4 is 5.32 Å². The van der Waals surface area contributed by atoms with E-state index in [2.05, 4.69) is 15.5 Å². The fourth-order valence-corrected chi connectivity index (χ4v) is 1.65. The lowest BCUT2D eigenvalue weighted by atomic mass is 10.1. The molecule has 6 nitrogen and oxygen atoms in total. The largest absolute Gasteiger partial charge is 0.305 e. The third-order valence-corrected chi connectivity index (χ3v) is 2.76. The first kappa shape index (κ1) is 12.3. The molecule has 1 aromatic carbocycles. The Hall–Kier alpha value is -2.21. The minimum Gasteiger partial charge on any atom is -0.305 e. The number of hydrogen-bond acceptors (Lipinski definition) is 4. The summed E-state index contributed by atoms with van der Waals surface area (Å²) in [7, 11) is 0. The Morgan fingerprint density at radius 3 is 2.67 bits per heavy atom. The predicted octanol–water partition coefficient (Wildman–Crippen LogP) is 2.17. The van der Waals surface area contributed by atoms with Crippen LogP contribution in [0.2, 0.25) is 0 Å². The van der Waals surface area contributed by atoms with Gasteiger partial charge in [0.2, 0.25) is 0 Å². The van der Waals surface area contributed by atoms with Gasteiger partial charge in [-0.1, -0.05) is 12.1 Å². The zero-order valence-electron chi connectivity index (χ0n) is 9.96. The highest BCUT2D eigenvalue weighted by Crippen LogP contribution is 2.17. The number of nitro benzene ring substituents is 1. The molecule has 0 fully saturated rings. The van der Waals surface area contributed by atoms with Gasteiger partial charge in [0.05, 0.1) is 4.92 Å². The van der Waals surface area contributed by atoms with Gasteiger partial charge in [0.25, 0.3) is 5.69 Å². The fourth-order valence-electron chi connectivity index (χ4n) is 1.65. The molecule has 1 unspecified atom stereocenters. The standard InChI is InChI=1S/C12H14N4O2/c1-9(13-8-11-6-7-14-15-11)10-2-4-12(5-3-10)16(17)18/h2-7,9,13H,8H2,1H3,(H,14,15). The number of non-ortho nitro benzene ring substituents is 1. The van der Waals surface area contributed by atoms with E-state index in [1.54, 1.807) is 18.3 Å². The van der Waals surface area contributed by atoms with E-state index in [1.165, 1.54) is 12.1 Å². The van der Waals surface area contributed by atoms with E-state index >= 15 is 0 Å². The van der Waals surface area contributed by atoms with Crippen molar-refractivity contribution in [1.29, 1.82) is 0 Å². The summed E-state index contributed by atoms with van der Waals surface area (Å²) in [6, 6.07) is 8.59. The van der Waals surface area contributed by atoms with E-state index in [1.807, 2.05) is 13.0 Å². The van der Waals surface area contributed by atoms with Crippen molar-refractivity contribution < 1.29 is 4.92 Å². The molecule has 0 aliphatic carbocycles. The number of H-pyrrole nitrogens is 1. The zero-order chi connectivity index (χ0) is 13.0. The smallest absolute Gasteiger partial charge is 0.269 e. The third kappa shape index (κ3) is 2.92. The maximum absolute atomic E-state index is 10.5. The van der Waals surface area contributed by atoms with Gasteiger partial charge < -0.3 is 5.32 Å². The van der Waals surface area contributed by atoms with Crippen molar-refractivity contribution in [3.8, 4) is 0 Å². The van der Waals surface area contributed by atoms with Gasteiger partial charge in [-0.25, -0.2) is 0 Å². The Kier molecular flexibility index (Phi) is 3.69. The Morgan fingerprint density at radius 2 is 2.11 bits per heavy atom. The summed E-state index contributed by atoms with van der Waals surface area (Å²) in [6.07, 6.45) is 1.70. The Balaban J connectivity index is 1.96. The fraction of sp³-hybridized carbons (Fsp3) is 0.250. The zero-order valence-corrected chi connectivity index (χ0v) is 9.96. The highest BCUT2D eigenvalue weighted by Gasteiger charge is 2.08. The second-order valence-electron chi connectivity index (χ2n) is 4.03. The molecule has 0 aliphatic heterocycles. The van der Waals surface area contributed by atoms with E-state index < -0.39 is 4.92 Å².